The third-order valence-corrected chi connectivity index (χ3v) is 4.14. The molecule has 120 valence electrons. The number of benzene rings is 1. The van der Waals surface area contributed by atoms with Crippen molar-refractivity contribution in [2.75, 3.05) is 13.1 Å². The van der Waals surface area contributed by atoms with Crippen molar-refractivity contribution >= 4 is 11.6 Å². The van der Waals surface area contributed by atoms with Crippen LogP contribution in [0.5, 0.6) is 5.88 Å². The second kappa shape index (κ2) is 6.99. The number of ether oxygens (including phenoxy) is 1. The fourth-order valence-electron chi connectivity index (χ4n) is 2.59. The van der Waals surface area contributed by atoms with E-state index in [9.17, 15) is 4.39 Å². The highest BCUT2D eigenvalue weighted by molar-refractivity contribution is 6.31. The van der Waals surface area contributed by atoms with Crippen molar-refractivity contribution in [3.05, 3.63) is 46.4 Å². The number of rotatable bonds is 4. The molecule has 1 aliphatic heterocycles. The van der Waals surface area contributed by atoms with Crippen LogP contribution >= 0.6 is 11.6 Å². The van der Waals surface area contributed by atoms with Gasteiger partial charge in [-0.1, -0.05) is 17.7 Å². The molecule has 5 nitrogen and oxygen atoms in total. The Labute approximate surface area is 138 Å². The van der Waals surface area contributed by atoms with Gasteiger partial charge in [0.15, 0.2) is 0 Å². The van der Waals surface area contributed by atoms with Gasteiger partial charge >= 0.3 is 0 Å². The molecule has 0 aliphatic carbocycles. The summed E-state index contributed by atoms with van der Waals surface area (Å²) in [5, 5.41) is 16.8. The van der Waals surface area contributed by atoms with E-state index in [1.54, 1.807) is 12.3 Å². The van der Waals surface area contributed by atoms with Crippen LogP contribution in [0.25, 0.3) is 0 Å². The lowest BCUT2D eigenvalue weighted by molar-refractivity contribution is 0.274. The standard InChI is InChI=1S/C16H16ClFN4O/c17-14-9-22(13-3-5-20-6-4-13)21-16(14)23-10-12-2-1-11(8-19)7-15(12)18/h1-2,7,9,13,20H,3-6,10H2. The molecule has 1 aromatic heterocycles. The number of nitrogens with one attached hydrogen (secondary N) is 1. The molecule has 0 bridgehead atoms. The smallest absolute Gasteiger partial charge is 0.252 e. The first-order chi connectivity index (χ1) is 11.2. The first-order valence-electron chi connectivity index (χ1n) is 7.44. The van der Waals surface area contributed by atoms with Crippen LogP contribution in [-0.4, -0.2) is 22.9 Å². The van der Waals surface area contributed by atoms with Crippen molar-refractivity contribution in [1.29, 1.82) is 5.26 Å². The second-order valence-electron chi connectivity index (χ2n) is 5.45. The van der Waals surface area contributed by atoms with Gasteiger partial charge in [0.2, 0.25) is 0 Å². The summed E-state index contributed by atoms with van der Waals surface area (Å²) in [6.45, 7) is 1.92. The third-order valence-electron chi connectivity index (χ3n) is 3.89. The van der Waals surface area contributed by atoms with E-state index >= 15 is 0 Å². The number of hydrogen-bond acceptors (Lipinski definition) is 4. The van der Waals surface area contributed by atoms with Crippen LogP contribution in [-0.2, 0) is 6.61 Å². The minimum absolute atomic E-state index is 0.0144. The summed E-state index contributed by atoms with van der Waals surface area (Å²) in [6.07, 6.45) is 3.73. The van der Waals surface area contributed by atoms with Crippen LogP contribution in [0.1, 0.15) is 30.0 Å². The molecule has 1 fully saturated rings. The Morgan fingerprint density at radius 3 is 2.91 bits per heavy atom. The highest BCUT2D eigenvalue weighted by Gasteiger charge is 2.18. The lowest BCUT2D eigenvalue weighted by Crippen LogP contribution is -2.29. The summed E-state index contributed by atoms with van der Waals surface area (Å²) in [7, 11) is 0. The minimum atomic E-state index is -0.474. The fraction of sp³-hybridized carbons (Fsp3) is 0.375. The van der Waals surface area contributed by atoms with Gasteiger partial charge in [0.05, 0.1) is 17.7 Å². The number of nitriles is 1. The molecule has 1 saturated heterocycles. The Morgan fingerprint density at radius 2 is 2.22 bits per heavy atom. The molecule has 2 aromatic rings. The Balaban J connectivity index is 1.68. The van der Waals surface area contributed by atoms with Crippen molar-refractivity contribution in [3.63, 3.8) is 0 Å². The SMILES string of the molecule is N#Cc1ccc(COc2nn(C3CCNCC3)cc2Cl)c(F)c1. The number of hydrogen-bond donors (Lipinski definition) is 1. The van der Waals surface area contributed by atoms with Gasteiger partial charge in [-0.05, 0) is 38.1 Å². The predicted octanol–water partition coefficient (Wildman–Crippen LogP) is 3.05. The topological polar surface area (TPSA) is 62.9 Å². The molecule has 0 radical (unpaired) electrons. The molecule has 1 aliphatic rings. The maximum atomic E-state index is 13.8. The molecular weight excluding hydrogens is 319 g/mol. The van der Waals surface area contributed by atoms with E-state index in [4.69, 9.17) is 21.6 Å². The van der Waals surface area contributed by atoms with Gasteiger partial charge in [-0.15, -0.1) is 5.10 Å². The van der Waals surface area contributed by atoms with Gasteiger partial charge < -0.3 is 10.1 Å². The summed E-state index contributed by atoms with van der Waals surface area (Å²) >= 11 is 6.16. The number of halogens is 2. The second-order valence-corrected chi connectivity index (χ2v) is 5.86. The first-order valence-corrected chi connectivity index (χ1v) is 7.82. The van der Waals surface area contributed by atoms with Gasteiger partial charge in [0.1, 0.15) is 17.4 Å². The summed E-state index contributed by atoms with van der Waals surface area (Å²) in [5.41, 5.74) is 0.635. The molecular formula is C16H16ClFN4O. The normalized spacial score (nSPS) is 15.3. The van der Waals surface area contributed by atoms with E-state index in [1.807, 2.05) is 10.8 Å². The molecule has 1 N–H and O–H groups in total. The van der Waals surface area contributed by atoms with Gasteiger partial charge in [-0.2, -0.15) is 5.26 Å². The maximum absolute atomic E-state index is 13.8. The minimum Gasteiger partial charge on any atom is -0.471 e. The molecule has 7 heteroatoms. The molecule has 0 saturated carbocycles. The largest absolute Gasteiger partial charge is 0.471 e. The Bertz CT molecular complexity index is 734. The van der Waals surface area contributed by atoms with Crippen molar-refractivity contribution in [3.8, 4) is 11.9 Å². The van der Waals surface area contributed by atoms with E-state index in [0.29, 0.717) is 22.5 Å². The molecule has 0 spiro atoms. The quantitative estimate of drug-likeness (QED) is 0.933. The van der Waals surface area contributed by atoms with Crippen molar-refractivity contribution in [2.45, 2.75) is 25.5 Å². The summed E-state index contributed by atoms with van der Waals surface area (Å²) < 4.78 is 21.2. The van der Waals surface area contributed by atoms with Gasteiger partial charge in [-0.3, -0.25) is 4.68 Å². The van der Waals surface area contributed by atoms with Crippen molar-refractivity contribution < 1.29 is 9.13 Å². The average Bonchev–Trinajstić information content (AvgIpc) is 2.95. The van der Waals surface area contributed by atoms with Crippen LogP contribution in [0.15, 0.2) is 24.4 Å². The number of aromatic nitrogens is 2. The zero-order valence-electron chi connectivity index (χ0n) is 12.4. The zero-order valence-corrected chi connectivity index (χ0v) is 13.2. The van der Waals surface area contributed by atoms with Crippen LogP contribution in [0.4, 0.5) is 4.39 Å². The van der Waals surface area contributed by atoms with Crippen LogP contribution < -0.4 is 10.1 Å². The third kappa shape index (κ3) is 3.63. The van der Waals surface area contributed by atoms with E-state index < -0.39 is 5.82 Å². The predicted molar refractivity (Wildman–Crippen MR) is 83.8 cm³/mol. The number of piperidine rings is 1. The molecule has 1 aromatic carbocycles. The van der Waals surface area contributed by atoms with E-state index in [1.165, 1.54) is 12.1 Å². The molecule has 2 heterocycles. The van der Waals surface area contributed by atoms with Gasteiger partial charge in [0, 0.05) is 11.8 Å². The molecule has 0 unspecified atom stereocenters. The zero-order chi connectivity index (χ0) is 16.2. The highest BCUT2D eigenvalue weighted by atomic mass is 35.5. The van der Waals surface area contributed by atoms with Crippen molar-refractivity contribution in [2.24, 2.45) is 0 Å². The summed E-state index contributed by atoms with van der Waals surface area (Å²) in [6, 6.07) is 6.47. The maximum Gasteiger partial charge on any atom is 0.252 e. The van der Waals surface area contributed by atoms with Crippen molar-refractivity contribution in [1.82, 2.24) is 15.1 Å². The first kappa shape index (κ1) is 15.8. The molecule has 0 atom stereocenters. The average molecular weight is 335 g/mol. The van der Waals surface area contributed by atoms with E-state index in [2.05, 4.69) is 10.4 Å². The Morgan fingerprint density at radius 1 is 1.43 bits per heavy atom. The monoisotopic (exact) mass is 334 g/mol. The van der Waals surface area contributed by atoms with Crippen LogP contribution in [0, 0.1) is 17.1 Å². The molecule has 0 amide bonds. The molecule has 23 heavy (non-hydrogen) atoms. The Kier molecular flexibility index (Phi) is 4.79. The number of nitrogens with zero attached hydrogens (tertiary/aromatic N) is 3. The van der Waals surface area contributed by atoms with Gasteiger partial charge in [0.25, 0.3) is 5.88 Å². The Hall–Kier alpha value is -2.10. The lowest BCUT2D eigenvalue weighted by atomic mass is 10.1. The molecule has 3 rings (SSSR count). The lowest BCUT2D eigenvalue weighted by Gasteiger charge is -2.22. The fourth-order valence-corrected chi connectivity index (χ4v) is 2.78. The van der Waals surface area contributed by atoms with E-state index in [0.717, 1.165) is 25.9 Å². The highest BCUT2D eigenvalue weighted by Crippen LogP contribution is 2.27. The van der Waals surface area contributed by atoms with Gasteiger partial charge in [-0.25, -0.2) is 4.39 Å². The van der Waals surface area contributed by atoms with Crippen LogP contribution in [0.3, 0.4) is 0 Å². The van der Waals surface area contributed by atoms with E-state index in [-0.39, 0.29) is 12.2 Å². The summed E-state index contributed by atoms with van der Waals surface area (Å²) in [4.78, 5) is 0. The summed E-state index contributed by atoms with van der Waals surface area (Å²) in [5.74, 6) is -0.174. The van der Waals surface area contributed by atoms with Crippen LogP contribution in [0.2, 0.25) is 5.02 Å².